The molecule has 5 heteroatoms. The van der Waals surface area contributed by atoms with Crippen molar-refractivity contribution in [1.29, 1.82) is 0 Å². The van der Waals surface area contributed by atoms with E-state index >= 15 is 0 Å². The van der Waals surface area contributed by atoms with Gasteiger partial charge in [-0.15, -0.1) is 5.10 Å². The Bertz CT molecular complexity index is 487. The smallest absolute Gasteiger partial charge is 0.168 e. The Balaban J connectivity index is 2.05. The number of nitrogens with one attached hydrogen (secondary N) is 1. The van der Waals surface area contributed by atoms with Crippen molar-refractivity contribution in [2.45, 2.75) is 18.9 Å². The Morgan fingerprint density at radius 1 is 1.53 bits per heavy atom. The zero-order chi connectivity index (χ0) is 10.3. The Labute approximate surface area is 92.3 Å². The molecule has 15 heavy (non-hydrogen) atoms. The van der Waals surface area contributed by atoms with Gasteiger partial charge in [0.2, 0.25) is 0 Å². The minimum atomic E-state index is 0.309. The van der Waals surface area contributed by atoms with Gasteiger partial charge in [0.05, 0.1) is 6.04 Å². The van der Waals surface area contributed by atoms with Crippen molar-refractivity contribution in [3.05, 3.63) is 29.2 Å². The molecule has 0 spiro atoms. The van der Waals surface area contributed by atoms with Gasteiger partial charge < -0.3 is 5.32 Å². The van der Waals surface area contributed by atoms with Gasteiger partial charge in [0, 0.05) is 17.3 Å². The highest BCUT2D eigenvalue weighted by molar-refractivity contribution is 6.30. The van der Waals surface area contributed by atoms with E-state index in [2.05, 4.69) is 15.4 Å². The summed E-state index contributed by atoms with van der Waals surface area (Å²) in [5.74, 6) is 0.870. The summed E-state index contributed by atoms with van der Waals surface area (Å²) in [7, 11) is 0. The fraction of sp³-hybridized carbons (Fsp3) is 0.400. The van der Waals surface area contributed by atoms with Gasteiger partial charge in [0.25, 0.3) is 0 Å². The van der Waals surface area contributed by atoms with Crippen LogP contribution in [0.4, 0.5) is 0 Å². The van der Waals surface area contributed by atoms with Crippen LogP contribution in [-0.2, 0) is 0 Å². The van der Waals surface area contributed by atoms with Crippen molar-refractivity contribution in [3.63, 3.8) is 0 Å². The number of aromatic nitrogens is 3. The van der Waals surface area contributed by atoms with Crippen molar-refractivity contribution in [2.24, 2.45) is 0 Å². The van der Waals surface area contributed by atoms with Gasteiger partial charge in [-0.25, -0.2) is 9.50 Å². The summed E-state index contributed by atoms with van der Waals surface area (Å²) in [4.78, 5) is 4.46. The molecule has 2 aromatic heterocycles. The van der Waals surface area contributed by atoms with E-state index in [4.69, 9.17) is 11.6 Å². The number of rotatable bonds is 1. The van der Waals surface area contributed by atoms with Gasteiger partial charge in [-0.2, -0.15) is 0 Å². The number of hydrogen-bond donors (Lipinski definition) is 1. The van der Waals surface area contributed by atoms with Crippen LogP contribution in [0, 0.1) is 0 Å². The molecule has 3 rings (SSSR count). The Morgan fingerprint density at radius 2 is 2.47 bits per heavy atom. The second-order valence-corrected chi connectivity index (χ2v) is 4.20. The van der Waals surface area contributed by atoms with Crippen LogP contribution in [0.25, 0.3) is 5.65 Å². The summed E-state index contributed by atoms with van der Waals surface area (Å²) in [6.45, 7) is 1.06. The Kier molecular flexibility index (Phi) is 2.11. The maximum absolute atomic E-state index is 5.89. The van der Waals surface area contributed by atoms with Gasteiger partial charge in [-0.05, 0) is 25.5 Å². The van der Waals surface area contributed by atoms with E-state index in [9.17, 15) is 0 Å². The maximum atomic E-state index is 5.89. The van der Waals surface area contributed by atoms with Crippen molar-refractivity contribution >= 4 is 17.2 Å². The summed E-state index contributed by atoms with van der Waals surface area (Å²) >= 11 is 5.89. The fourth-order valence-corrected chi connectivity index (χ4v) is 2.08. The highest BCUT2D eigenvalue weighted by Crippen LogP contribution is 2.21. The standard InChI is InChI=1S/C10H11ClN4/c11-7-3-5-15-9(6-7)13-10(14-15)8-2-1-4-12-8/h3,5-6,8,12H,1-2,4H2. The lowest BCUT2D eigenvalue weighted by molar-refractivity contribution is 0.604. The molecule has 0 aromatic carbocycles. The number of hydrogen-bond acceptors (Lipinski definition) is 3. The summed E-state index contributed by atoms with van der Waals surface area (Å²) in [5, 5.41) is 8.49. The van der Waals surface area contributed by atoms with Crippen LogP contribution >= 0.6 is 11.6 Å². The highest BCUT2D eigenvalue weighted by Gasteiger charge is 2.20. The van der Waals surface area contributed by atoms with E-state index < -0.39 is 0 Å². The summed E-state index contributed by atoms with van der Waals surface area (Å²) in [6, 6.07) is 3.95. The molecule has 0 bridgehead atoms. The van der Waals surface area contributed by atoms with Crippen LogP contribution < -0.4 is 5.32 Å². The van der Waals surface area contributed by atoms with E-state index in [0.29, 0.717) is 11.1 Å². The van der Waals surface area contributed by atoms with Crippen molar-refractivity contribution in [3.8, 4) is 0 Å². The largest absolute Gasteiger partial charge is 0.307 e. The monoisotopic (exact) mass is 222 g/mol. The second-order valence-electron chi connectivity index (χ2n) is 3.77. The number of nitrogens with zero attached hydrogens (tertiary/aromatic N) is 3. The molecule has 78 valence electrons. The molecule has 1 atom stereocenters. The molecule has 1 unspecified atom stereocenters. The van der Waals surface area contributed by atoms with Gasteiger partial charge in [-0.3, -0.25) is 0 Å². The quantitative estimate of drug-likeness (QED) is 0.800. The average molecular weight is 223 g/mol. The molecule has 1 fully saturated rings. The Hall–Kier alpha value is -1.13. The molecule has 3 heterocycles. The molecule has 0 saturated carbocycles. The van der Waals surface area contributed by atoms with Crippen LogP contribution in [0.15, 0.2) is 18.3 Å². The van der Waals surface area contributed by atoms with E-state index in [1.54, 1.807) is 4.52 Å². The predicted octanol–water partition coefficient (Wildman–Crippen LogP) is 1.81. The van der Waals surface area contributed by atoms with Crippen LogP contribution in [0.5, 0.6) is 0 Å². The first kappa shape index (κ1) is 9.12. The lowest BCUT2D eigenvalue weighted by atomic mass is 10.2. The van der Waals surface area contributed by atoms with Crippen LogP contribution in [-0.4, -0.2) is 21.1 Å². The molecule has 1 aliphatic rings. The first-order valence-electron chi connectivity index (χ1n) is 5.08. The first-order chi connectivity index (χ1) is 7.33. The third kappa shape index (κ3) is 1.60. The predicted molar refractivity (Wildman–Crippen MR) is 58.0 cm³/mol. The minimum Gasteiger partial charge on any atom is -0.307 e. The van der Waals surface area contributed by atoms with E-state index in [0.717, 1.165) is 24.4 Å². The lowest BCUT2D eigenvalue weighted by Crippen LogP contribution is -2.14. The highest BCUT2D eigenvalue weighted by atomic mass is 35.5. The number of pyridine rings is 1. The van der Waals surface area contributed by atoms with E-state index in [1.807, 2.05) is 18.3 Å². The van der Waals surface area contributed by atoms with Gasteiger partial charge in [-0.1, -0.05) is 11.6 Å². The summed E-state index contributed by atoms with van der Waals surface area (Å²) in [5.41, 5.74) is 0.811. The van der Waals surface area contributed by atoms with Crippen LogP contribution in [0.3, 0.4) is 0 Å². The maximum Gasteiger partial charge on any atom is 0.168 e. The molecule has 4 nitrogen and oxygen atoms in total. The zero-order valence-corrected chi connectivity index (χ0v) is 8.91. The molecule has 0 aliphatic carbocycles. The van der Waals surface area contributed by atoms with E-state index in [1.165, 1.54) is 6.42 Å². The third-order valence-corrected chi connectivity index (χ3v) is 2.92. The fourth-order valence-electron chi connectivity index (χ4n) is 1.93. The van der Waals surface area contributed by atoms with Crippen LogP contribution in [0.2, 0.25) is 5.02 Å². The lowest BCUT2D eigenvalue weighted by Gasteiger charge is -2.02. The first-order valence-corrected chi connectivity index (χ1v) is 5.46. The molecule has 2 aromatic rings. The normalized spacial score (nSPS) is 21.3. The average Bonchev–Trinajstić information content (AvgIpc) is 2.84. The van der Waals surface area contributed by atoms with Gasteiger partial charge in [0.1, 0.15) is 0 Å². The second kappa shape index (κ2) is 3.47. The van der Waals surface area contributed by atoms with Gasteiger partial charge in [0.15, 0.2) is 11.5 Å². The topological polar surface area (TPSA) is 42.2 Å². The molecular weight excluding hydrogens is 212 g/mol. The third-order valence-electron chi connectivity index (χ3n) is 2.69. The molecule has 1 N–H and O–H groups in total. The number of fused-ring (bicyclic) bond motifs is 1. The van der Waals surface area contributed by atoms with Gasteiger partial charge >= 0.3 is 0 Å². The van der Waals surface area contributed by atoms with Crippen LogP contribution in [0.1, 0.15) is 24.7 Å². The Morgan fingerprint density at radius 3 is 3.27 bits per heavy atom. The van der Waals surface area contributed by atoms with Crippen molar-refractivity contribution in [2.75, 3.05) is 6.54 Å². The molecule has 1 aliphatic heterocycles. The van der Waals surface area contributed by atoms with Crippen molar-refractivity contribution < 1.29 is 0 Å². The minimum absolute atomic E-state index is 0.309. The zero-order valence-electron chi connectivity index (χ0n) is 8.15. The molecular formula is C10H11ClN4. The molecule has 0 radical (unpaired) electrons. The SMILES string of the molecule is Clc1ccn2nc(C3CCCN3)nc2c1. The molecule has 0 amide bonds. The summed E-state index contributed by atoms with van der Waals surface area (Å²) < 4.78 is 1.77. The molecule has 1 saturated heterocycles. The van der Waals surface area contributed by atoms with E-state index in [-0.39, 0.29) is 0 Å². The van der Waals surface area contributed by atoms with Crippen molar-refractivity contribution in [1.82, 2.24) is 19.9 Å². The summed E-state index contributed by atoms with van der Waals surface area (Å²) in [6.07, 6.45) is 4.15. The number of halogens is 1.